The van der Waals surface area contributed by atoms with Crippen LogP contribution < -0.4 is 21.7 Å². The predicted octanol–water partition coefficient (Wildman–Crippen LogP) is 1.85. The molecule has 8 heteroatoms. The van der Waals surface area contributed by atoms with E-state index >= 15 is 0 Å². The lowest BCUT2D eigenvalue weighted by atomic mass is 9.97. The third kappa shape index (κ3) is 7.02. The fourth-order valence-electron chi connectivity index (χ4n) is 3.99. The standard InChI is InChI=1S/C25H35N5O3/c1-27-13-5-4-8-23(25(33)29-19-11-9-17(16-31)10-12-19)30-24(32)21(26)14-18-15-28-22-7-3-2-6-20(18)22/h2,6,9-12,15,21,23,27-28,31H,3-5,7-8,13-14,16,26H2,1H3,(H,29,33)(H,30,32)/t21-,23?/m0/s1. The summed E-state index contributed by atoms with van der Waals surface area (Å²) in [5.74, 6) is -0.618. The first-order chi connectivity index (χ1) is 16.0. The highest BCUT2D eigenvalue weighted by atomic mass is 16.3. The Kier molecular flexibility index (Phi) is 9.24. The molecule has 0 spiro atoms. The second-order valence-electron chi connectivity index (χ2n) is 8.46. The number of nitrogens with one attached hydrogen (secondary N) is 4. The topological polar surface area (TPSA) is 132 Å². The lowest BCUT2D eigenvalue weighted by molar-refractivity contribution is -0.127. The molecular weight excluding hydrogens is 418 g/mol. The third-order valence-electron chi connectivity index (χ3n) is 5.92. The number of hydrogen-bond acceptors (Lipinski definition) is 5. The minimum atomic E-state index is -0.753. The van der Waals surface area contributed by atoms with Gasteiger partial charge >= 0.3 is 0 Å². The molecule has 2 atom stereocenters. The van der Waals surface area contributed by atoms with Gasteiger partial charge in [-0.25, -0.2) is 0 Å². The van der Waals surface area contributed by atoms with Crippen LogP contribution in [-0.4, -0.2) is 47.6 Å². The highest BCUT2D eigenvalue weighted by molar-refractivity contribution is 5.97. The molecule has 178 valence electrons. The van der Waals surface area contributed by atoms with E-state index in [-0.39, 0.29) is 18.4 Å². The lowest BCUT2D eigenvalue weighted by Gasteiger charge is -2.21. The number of nitrogens with two attached hydrogens (primary N) is 1. The minimum absolute atomic E-state index is 0.0591. The molecule has 3 rings (SSSR count). The molecule has 1 aliphatic carbocycles. The van der Waals surface area contributed by atoms with Crippen molar-refractivity contribution >= 4 is 23.6 Å². The first-order valence-corrected chi connectivity index (χ1v) is 11.6. The van der Waals surface area contributed by atoms with Gasteiger partial charge in [0.05, 0.1) is 12.6 Å². The average Bonchev–Trinajstić information content (AvgIpc) is 3.24. The van der Waals surface area contributed by atoms with Gasteiger partial charge in [-0.05, 0) is 80.9 Å². The number of carbonyl (C=O) groups excluding carboxylic acids is 2. The van der Waals surface area contributed by atoms with Gasteiger partial charge in [-0.3, -0.25) is 9.59 Å². The van der Waals surface area contributed by atoms with E-state index in [9.17, 15) is 14.7 Å². The second-order valence-corrected chi connectivity index (χ2v) is 8.46. The Bertz CT molecular complexity index is 951. The van der Waals surface area contributed by atoms with E-state index in [0.717, 1.165) is 48.9 Å². The van der Waals surface area contributed by atoms with E-state index in [1.165, 1.54) is 5.69 Å². The first kappa shape index (κ1) is 24.7. The normalized spacial score (nSPS) is 14.4. The molecule has 2 aromatic rings. The van der Waals surface area contributed by atoms with E-state index in [0.29, 0.717) is 18.5 Å². The largest absolute Gasteiger partial charge is 0.392 e. The van der Waals surface area contributed by atoms with Crippen molar-refractivity contribution in [1.29, 1.82) is 0 Å². The van der Waals surface area contributed by atoms with Crippen molar-refractivity contribution in [2.45, 2.75) is 57.2 Å². The Morgan fingerprint density at radius 1 is 1.18 bits per heavy atom. The van der Waals surface area contributed by atoms with Crippen molar-refractivity contribution in [2.75, 3.05) is 18.9 Å². The van der Waals surface area contributed by atoms with E-state index in [4.69, 9.17) is 5.73 Å². The summed E-state index contributed by atoms with van der Waals surface area (Å²) >= 11 is 0. The molecule has 1 heterocycles. The maximum atomic E-state index is 13.0. The van der Waals surface area contributed by atoms with E-state index < -0.39 is 12.1 Å². The van der Waals surface area contributed by atoms with Crippen molar-refractivity contribution in [1.82, 2.24) is 15.6 Å². The minimum Gasteiger partial charge on any atom is -0.392 e. The van der Waals surface area contributed by atoms with Crippen LogP contribution in [0.15, 0.2) is 36.5 Å². The number of carbonyl (C=O) groups is 2. The van der Waals surface area contributed by atoms with Crippen LogP contribution in [0.1, 0.15) is 48.1 Å². The quantitative estimate of drug-likeness (QED) is 0.273. The molecule has 0 bridgehead atoms. The molecular formula is C25H35N5O3. The molecule has 1 aliphatic rings. The third-order valence-corrected chi connectivity index (χ3v) is 5.92. The number of anilines is 1. The molecule has 1 unspecified atom stereocenters. The molecule has 0 fully saturated rings. The number of allylic oxidation sites excluding steroid dienone is 1. The number of aliphatic hydroxyl groups excluding tert-OH is 1. The predicted molar refractivity (Wildman–Crippen MR) is 131 cm³/mol. The summed E-state index contributed by atoms with van der Waals surface area (Å²) < 4.78 is 0. The Morgan fingerprint density at radius 3 is 2.70 bits per heavy atom. The summed E-state index contributed by atoms with van der Waals surface area (Å²) in [5, 5.41) is 18.0. The summed E-state index contributed by atoms with van der Waals surface area (Å²) in [6, 6.07) is 5.53. The molecule has 0 saturated heterocycles. The summed E-state index contributed by atoms with van der Waals surface area (Å²) in [4.78, 5) is 29.1. The van der Waals surface area contributed by atoms with Crippen molar-refractivity contribution in [3.63, 3.8) is 0 Å². The Balaban J connectivity index is 1.62. The zero-order valence-corrected chi connectivity index (χ0v) is 19.2. The van der Waals surface area contributed by atoms with Crippen LogP contribution in [0.25, 0.3) is 6.08 Å². The number of rotatable bonds is 12. The number of aromatic nitrogens is 1. The fourth-order valence-corrected chi connectivity index (χ4v) is 3.99. The van der Waals surface area contributed by atoms with Crippen molar-refractivity contribution in [3.05, 3.63) is 58.9 Å². The van der Waals surface area contributed by atoms with Crippen LogP contribution in [0.4, 0.5) is 5.69 Å². The van der Waals surface area contributed by atoms with Crippen LogP contribution >= 0.6 is 0 Å². The molecule has 1 aromatic heterocycles. The monoisotopic (exact) mass is 453 g/mol. The van der Waals surface area contributed by atoms with Gasteiger partial charge in [0.15, 0.2) is 0 Å². The molecule has 0 radical (unpaired) electrons. The molecule has 33 heavy (non-hydrogen) atoms. The van der Waals surface area contributed by atoms with Gasteiger partial charge in [0.1, 0.15) is 6.04 Å². The number of unbranched alkanes of at least 4 members (excludes halogenated alkanes) is 1. The number of aryl methyl sites for hydroxylation is 1. The fraction of sp³-hybridized carbons (Fsp3) is 0.440. The average molecular weight is 454 g/mol. The van der Waals surface area contributed by atoms with Gasteiger partial charge in [0.2, 0.25) is 11.8 Å². The van der Waals surface area contributed by atoms with Crippen molar-refractivity contribution in [3.8, 4) is 0 Å². The molecule has 1 aromatic carbocycles. The Hall–Kier alpha value is -2.94. The SMILES string of the molecule is CNCCCCC(NC(=O)[C@@H](N)Cc1c[nH]c2c1C=CCC2)C(=O)Nc1ccc(CO)cc1. The van der Waals surface area contributed by atoms with Crippen molar-refractivity contribution in [2.24, 2.45) is 5.73 Å². The van der Waals surface area contributed by atoms with Gasteiger partial charge in [-0.2, -0.15) is 0 Å². The number of fused-ring (bicyclic) bond motifs is 1. The van der Waals surface area contributed by atoms with Gasteiger partial charge in [0.25, 0.3) is 0 Å². The lowest BCUT2D eigenvalue weighted by Crippen LogP contribution is -2.50. The van der Waals surface area contributed by atoms with E-state index in [1.807, 2.05) is 13.2 Å². The molecule has 0 aliphatic heterocycles. The van der Waals surface area contributed by atoms with Gasteiger partial charge in [-0.15, -0.1) is 0 Å². The van der Waals surface area contributed by atoms with Gasteiger partial charge < -0.3 is 31.8 Å². The highest BCUT2D eigenvalue weighted by Crippen LogP contribution is 2.23. The maximum absolute atomic E-state index is 13.0. The number of aromatic amines is 1. The zero-order chi connectivity index (χ0) is 23.6. The molecule has 8 nitrogen and oxygen atoms in total. The summed E-state index contributed by atoms with van der Waals surface area (Å²) in [7, 11) is 1.88. The summed E-state index contributed by atoms with van der Waals surface area (Å²) in [6.07, 6.45) is 10.7. The van der Waals surface area contributed by atoms with E-state index in [2.05, 4.69) is 33.1 Å². The van der Waals surface area contributed by atoms with Crippen LogP contribution in [0.5, 0.6) is 0 Å². The van der Waals surface area contributed by atoms with Crippen LogP contribution in [0, 0.1) is 0 Å². The zero-order valence-electron chi connectivity index (χ0n) is 19.2. The Labute approximate surface area is 195 Å². The van der Waals surface area contributed by atoms with Crippen LogP contribution in [0.2, 0.25) is 0 Å². The molecule has 2 amide bonds. The van der Waals surface area contributed by atoms with Gasteiger partial charge in [0, 0.05) is 17.6 Å². The van der Waals surface area contributed by atoms with E-state index in [1.54, 1.807) is 24.3 Å². The summed E-state index contributed by atoms with van der Waals surface area (Å²) in [6.45, 7) is 0.785. The maximum Gasteiger partial charge on any atom is 0.246 e. The van der Waals surface area contributed by atoms with Crippen molar-refractivity contribution < 1.29 is 14.7 Å². The second kappa shape index (κ2) is 12.3. The number of H-pyrrole nitrogens is 1. The van der Waals surface area contributed by atoms with Crippen LogP contribution in [-0.2, 0) is 29.0 Å². The smallest absolute Gasteiger partial charge is 0.246 e. The van der Waals surface area contributed by atoms with Gasteiger partial charge in [-0.1, -0.05) is 24.3 Å². The molecule has 0 saturated carbocycles. The highest BCUT2D eigenvalue weighted by Gasteiger charge is 2.25. The Morgan fingerprint density at radius 2 is 1.97 bits per heavy atom. The number of amides is 2. The number of hydrogen-bond donors (Lipinski definition) is 6. The first-order valence-electron chi connectivity index (χ1n) is 11.6. The van der Waals surface area contributed by atoms with Crippen LogP contribution in [0.3, 0.4) is 0 Å². The summed E-state index contributed by atoms with van der Waals surface area (Å²) in [5.41, 5.74) is 10.9. The number of aliphatic hydroxyl groups is 1. The molecule has 7 N–H and O–H groups in total. The number of benzene rings is 1.